The number of piperazine rings is 1. The summed E-state index contributed by atoms with van der Waals surface area (Å²) in [5.74, 6) is 4.01. The number of oxime groups is 1. The van der Waals surface area contributed by atoms with Crippen molar-refractivity contribution in [2.75, 3.05) is 80.9 Å². The maximum Gasteiger partial charge on any atom is 0.203 e. The Morgan fingerprint density at radius 3 is 2.04 bits per heavy atom. The molecule has 12 heteroatoms. The van der Waals surface area contributed by atoms with Crippen LogP contribution in [0.3, 0.4) is 0 Å². The quantitative estimate of drug-likeness (QED) is 0.0760. The van der Waals surface area contributed by atoms with E-state index in [2.05, 4.69) is 51.4 Å². The number of nitrogens with zero attached hydrogens (tertiary/aromatic N) is 4. The van der Waals surface area contributed by atoms with Gasteiger partial charge in [-0.25, -0.2) is 4.98 Å². The number of fused-ring (bicyclic) bond motifs is 1. The highest BCUT2D eigenvalue weighted by atomic mass is 32.1. The maximum atomic E-state index is 6.26. The molecule has 2 aliphatic heterocycles. The smallest absolute Gasteiger partial charge is 0.203 e. The van der Waals surface area contributed by atoms with Crippen LogP contribution in [0.15, 0.2) is 84.0 Å². The van der Waals surface area contributed by atoms with Crippen LogP contribution in [0.4, 0.5) is 0 Å². The molecule has 0 amide bonds. The standard InChI is InChI=1S/C44H52N4O7S/c1-49-37-17-16-31(38-30-36(46-55-38)33-28-40(50-2)43(52-4)41(29-33)51-3)27-39(37)54-25-10-8-19-48-22-20-47(21-23-48)18-7-9-24-53-34-13-11-12-32(26-34)44-45-35-14-5-6-15-42(35)56-44/h5-6,11-17,26-29,38H,7-10,18-25,30H2,1-4H3. The maximum absolute atomic E-state index is 6.26. The van der Waals surface area contributed by atoms with Crippen molar-refractivity contribution in [2.24, 2.45) is 5.16 Å². The number of hydrogen-bond donors (Lipinski definition) is 0. The van der Waals surface area contributed by atoms with Crippen LogP contribution >= 0.6 is 11.3 Å². The molecular formula is C44H52N4O7S. The highest BCUT2D eigenvalue weighted by molar-refractivity contribution is 7.21. The summed E-state index contributed by atoms with van der Waals surface area (Å²) < 4.78 is 35.8. The number of unbranched alkanes of at least 4 members (excludes halogenated alkanes) is 2. The molecule has 0 spiro atoms. The molecule has 0 N–H and O–H groups in total. The fourth-order valence-electron chi connectivity index (χ4n) is 7.18. The fourth-order valence-corrected chi connectivity index (χ4v) is 8.14. The molecule has 5 aromatic rings. The summed E-state index contributed by atoms with van der Waals surface area (Å²) in [6.07, 6.45) is 4.56. The third-order valence-corrected chi connectivity index (χ3v) is 11.4. The Balaban J connectivity index is 0.782. The van der Waals surface area contributed by atoms with E-state index in [4.69, 9.17) is 38.2 Å². The van der Waals surface area contributed by atoms with Gasteiger partial charge in [-0.15, -0.1) is 11.3 Å². The predicted octanol–water partition coefficient (Wildman–Crippen LogP) is 8.50. The van der Waals surface area contributed by atoms with Crippen molar-refractivity contribution in [1.82, 2.24) is 14.8 Å². The minimum atomic E-state index is -0.247. The average molecular weight is 781 g/mol. The van der Waals surface area contributed by atoms with Gasteiger partial charge < -0.3 is 43.1 Å². The minimum absolute atomic E-state index is 0.247. The molecule has 56 heavy (non-hydrogen) atoms. The van der Waals surface area contributed by atoms with E-state index in [0.717, 1.165) is 110 Å². The number of methoxy groups -OCH3 is 4. The number of para-hydroxylation sites is 1. The Labute approximate surface area is 333 Å². The van der Waals surface area contributed by atoms with Crippen LogP contribution in [-0.2, 0) is 4.84 Å². The monoisotopic (exact) mass is 780 g/mol. The molecule has 2 aliphatic rings. The van der Waals surface area contributed by atoms with Crippen molar-refractivity contribution in [3.05, 3.63) is 90.0 Å². The average Bonchev–Trinajstić information content (AvgIpc) is 3.92. The van der Waals surface area contributed by atoms with E-state index in [1.54, 1.807) is 39.8 Å². The normalized spacial score (nSPS) is 16.0. The van der Waals surface area contributed by atoms with Crippen LogP contribution in [0.2, 0.25) is 0 Å². The number of aromatic nitrogens is 1. The van der Waals surface area contributed by atoms with E-state index >= 15 is 0 Å². The van der Waals surface area contributed by atoms with Crippen LogP contribution < -0.4 is 28.4 Å². The molecule has 1 aromatic heterocycles. The number of rotatable bonds is 19. The predicted molar refractivity (Wildman–Crippen MR) is 221 cm³/mol. The zero-order chi connectivity index (χ0) is 38.7. The van der Waals surface area contributed by atoms with Crippen LogP contribution in [0, 0.1) is 0 Å². The summed E-state index contributed by atoms with van der Waals surface area (Å²) in [4.78, 5) is 15.8. The zero-order valence-electron chi connectivity index (χ0n) is 32.8. The van der Waals surface area contributed by atoms with Gasteiger partial charge in [-0.2, -0.15) is 0 Å². The summed E-state index contributed by atoms with van der Waals surface area (Å²) in [5, 5.41) is 5.43. The Morgan fingerprint density at radius 1 is 0.661 bits per heavy atom. The number of benzene rings is 4. The zero-order valence-corrected chi connectivity index (χ0v) is 33.6. The van der Waals surface area contributed by atoms with Gasteiger partial charge in [0.25, 0.3) is 0 Å². The Hall–Kier alpha value is -5.04. The lowest BCUT2D eigenvalue weighted by Crippen LogP contribution is -2.46. The molecule has 1 atom stereocenters. The second-order valence-electron chi connectivity index (χ2n) is 14.0. The van der Waals surface area contributed by atoms with Gasteiger partial charge in [0.1, 0.15) is 10.8 Å². The van der Waals surface area contributed by atoms with E-state index in [9.17, 15) is 0 Å². The fraction of sp³-hybridized carbons (Fsp3) is 0.409. The van der Waals surface area contributed by atoms with Crippen molar-refractivity contribution >= 4 is 27.3 Å². The van der Waals surface area contributed by atoms with E-state index < -0.39 is 0 Å². The summed E-state index contributed by atoms with van der Waals surface area (Å²) in [6.45, 7) is 7.96. The molecule has 0 radical (unpaired) electrons. The molecular weight excluding hydrogens is 729 g/mol. The molecule has 0 bridgehead atoms. The first-order chi connectivity index (χ1) is 27.5. The van der Waals surface area contributed by atoms with Gasteiger partial charge in [-0.1, -0.05) is 35.5 Å². The number of ether oxygens (including phenoxy) is 6. The molecule has 11 nitrogen and oxygen atoms in total. The summed E-state index contributed by atoms with van der Waals surface area (Å²) >= 11 is 1.72. The third-order valence-electron chi connectivity index (χ3n) is 10.3. The van der Waals surface area contributed by atoms with E-state index in [1.165, 1.54) is 4.70 Å². The molecule has 3 heterocycles. The van der Waals surface area contributed by atoms with Crippen molar-refractivity contribution < 1.29 is 33.3 Å². The van der Waals surface area contributed by atoms with Crippen LogP contribution in [-0.4, -0.2) is 101 Å². The molecule has 1 saturated heterocycles. The summed E-state index contributed by atoms with van der Waals surface area (Å²) in [5.41, 5.74) is 4.79. The Kier molecular flexibility index (Phi) is 13.4. The topological polar surface area (TPSA) is 96.3 Å². The SMILES string of the molecule is COc1ccc(C2CC(c3cc(OC)c(OC)c(OC)c3)=NO2)cc1OCCCCN1CCN(CCCCOc2cccc(-c3nc4ccccc4s3)c2)CC1. The summed E-state index contributed by atoms with van der Waals surface area (Å²) in [6, 6.07) is 26.3. The van der Waals surface area contributed by atoms with E-state index in [-0.39, 0.29) is 6.10 Å². The molecule has 4 aromatic carbocycles. The highest BCUT2D eigenvalue weighted by Gasteiger charge is 2.27. The second-order valence-corrected chi connectivity index (χ2v) is 15.0. The molecule has 296 valence electrons. The first-order valence-electron chi connectivity index (χ1n) is 19.4. The first-order valence-corrected chi connectivity index (χ1v) is 20.2. The van der Waals surface area contributed by atoms with E-state index in [0.29, 0.717) is 41.8 Å². The van der Waals surface area contributed by atoms with Crippen LogP contribution in [0.1, 0.15) is 49.3 Å². The minimum Gasteiger partial charge on any atom is -0.494 e. The molecule has 7 rings (SSSR count). The van der Waals surface area contributed by atoms with Crippen LogP contribution in [0.5, 0.6) is 34.5 Å². The number of hydrogen-bond acceptors (Lipinski definition) is 12. The molecule has 0 aliphatic carbocycles. The van der Waals surface area contributed by atoms with Crippen molar-refractivity contribution in [3.63, 3.8) is 0 Å². The third kappa shape index (κ3) is 9.66. The van der Waals surface area contributed by atoms with Gasteiger partial charge in [0, 0.05) is 43.7 Å². The number of thiazole rings is 1. The van der Waals surface area contributed by atoms with Gasteiger partial charge in [-0.3, -0.25) is 0 Å². The van der Waals surface area contributed by atoms with Crippen LogP contribution in [0.25, 0.3) is 20.8 Å². The highest BCUT2D eigenvalue weighted by Crippen LogP contribution is 2.41. The second kappa shape index (κ2) is 19.2. The Morgan fingerprint density at radius 2 is 1.36 bits per heavy atom. The van der Waals surface area contributed by atoms with Gasteiger partial charge in [0.05, 0.1) is 57.6 Å². The lowest BCUT2D eigenvalue weighted by molar-refractivity contribution is 0.0854. The van der Waals surface area contributed by atoms with Gasteiger partial charge >= 0.3 is 0 Å². The Bertz CT molecular complexity index is 2020. The van der Waals surface area contributed by atoms with Gasteiger partial charge in [0.2, 0.25) is 5.75 Å². The van der Waals surface area contributed by atoms with Gasteiger partial charge in [0.15, 0.2) is 29.1 Å². The molecule has 1 fully saturated rings. The summed E-state index contributed by atoms with van der Waals surface area (Å²) in [7, 11) is 6.46. The van der Waals surface area contributed by atoms with Crippen molar-refractivity contribution in [1.29, 1.82) is 0 Å². The largest absolute Gasteiger partial charge is 0.494 e. The molecule has 1 unspecified atom stereocenters. The lowest BCUT2D eigenvalue weighted by atomic mass is 9.99. The first kappa shape index (κ1) is 39.2. The van der Waals surface area contributed by atoms with Crippen molar-refractivity contribution in [2.45, 2.75) is 38.2 Å². The van der Waals surface area contributed by atoms with E-state index in [1.807, 2.05) is 42.5 Å². The van der Waals surface area contributed by atoms with Gasteiger partial charge in [-0.05, 0) is 92.9 Å². The molecule has 0 saturated carbocycles. The lowest BCUT2D eigenvalue weighted by Gasteiger charge is -2.34. The van der Waals surface area contributed by atoms with Crippen molar-refractivity contribution in [3.8, 4) is 45.1 Å².